The third-order valence-corrected chi connectivity index (χ3v) is 3.06. The average molecular weight is 170 g/mol. The minimum absolute atomic E-state index is 0.0527. The maximum Gasteiger partial charge on any atom is 0.0695 e. The van der Waals surface area contributed by atoms with Crippen LogP contribution < -0.4 is 5.32 Å². The summed E-state index contributed by atoms with van der Waals surface area (Å²) in [5.74, 6) is 0. The molecule has 2 aliphatic rings. The average Bonchev–Trinajstić information content (AvgIpc) is 2.53. The standard InChI is InChI=1S/C9H18N2O/c12-9-3-1-2-8(9)11-6-4-10-5-7-11/h8-10,12H,1-7H2/t8-,9+/m1/s1. The summed E-state index contributed by atoms with van der Waals surface area (Å²) < 4.78 is 0. The molecule has 1 saturated carbocycles. The Labute approximate surface area is 73.8 Å². The summed E-state index contributed by atoms with van der Waals surface area (Å²) in [7, 11) is 0. The van der Waals surface area contributed by atoms with E-state index in [4.69, 9.17) is 0 Å². The van der Waals surface area contributed by atoms with Crippen LogP contribution in [-0.2, 0) is 0 Å². The highest BCUT2D eigenvalue weighted by Gasteiger charge is 2.30. The van der Waals surface area contributed by atoms with E-state index in [0.29, 0.717) is 6.04 Å². The molecular formula is C9H18N2O. The molecule has 0 bridgehead atoms. The van der Waals surface area contributed by atoms with Gasteiger partial charge in [-0.1, -0.05) is 0 Å². The first-order chi connectivity index (χ1) is 5.88. The normalized spacial score (nSPS) is 38.8. The van der Waals surface area contributed by atoms with Crippen molar-refractivity contribution in [2.45, 2.75) is 31.4 Å². The van der Waals surface area contributed by atoms with Crippen LogP contribution in [0.3, 0.4) is 0 Å². The molecular weight excluding hydrogens is 152 g/mol. The van der Waals surface area contributed by atoms with Gasteiger partial charge in [-0.15, -0.1) is 0 Å². The zero-order valence-electron chi connectivity index (χ0n) is 7.50. The molecule has 3 nitrogen and oxygen atoms in total. The van der Waals surface area contributed by atoms with Crippen LogP contribution in [0.25, 0.3) is 0 Å². The Hall–Kier alpha value is -0.120. The van der Waals surface area contributed by atoms with E-state index in [0.717, 1.165) is 32.6 Å². The first-order valence-electron chi connectivity index (χ1n) is 5.01. The van der Waals surface area contributed by atoms with Crippen molar-refractivity contribution in [2.75, 3.05) is 26.2 Å². The fraction of sp³-hybridized carbons (Fsp3) is 1.00. The molecule has 3 heteroatoms. The van der Waals surface area contributed by atoms with Crippen molar-refractivity contribution in [3.8, 4) is 0 Å². The van der Waals surface area contributed by atoms with Crippen molar-refractivity contribution in [1.29, 1.82) is 0 Å². The smallest absolute Gasteiger partial charge is 0.0695 e. The number of nitrogens with one attached hydrogen (secondary N) is 1. The highest BCUT2D eigenvalue weighted by atomic mass is 16.3. The molecule has 0 aromatic heterocycles. The summed E-state index contributed by atoms with van der Waals surface area (Å²) in [4.78, 5) is 2.44. The second-order valence-electron chi connectivity index (χ2n) is 3.85. The quantitative estimate of drug-likeness (QED) is 0.572. The van der Waals surface area contributed by atoms with Crippen molar-refractivity contribution in [3.05, 3.63) is 0 Å². The molecule has 0 aromatic carbocycles. The van der Waals surface area contributed by atoms with Crippen LogP contribution in [0.2, 0.25) is 0 Å². The topological polar surface area (TPSA) is 35.5 Å². The SMILES string of the molecule is O[C@H]1CCC[C@H]1N1CCNCC1. The number of piperazine rings is 1. The zero-order chi connectivity index (χ0) is 8.39. The van der Waals surface area contributed by atoms with Gasteiger partial charge in [-0.05, 0) is 19.3 Å². The van der Waals surface area contributed by atoms with E-state index in [1.807, 2.05) is 0 Å². The Morgan fingerprint density at radius 1 is 1.17 bits per heavy atom. The third-order valence-electron chi connectivity index (χ3n) is 3.06. The summed E-state index contributed by atoms with van der Waals surface area (Å²) in [5, 5.41) is 13.0. The molecule has 0 amide bonds. The lowest BCUT2D eigenvalue weighted by Gasteiger charge is -2.34. The van der Waals surface area contributed by atoms with Gasteiger partial charge in [0.2, 0.25) is 0 Å². The van der Waals surface area contributed by atoms with Gasteiger partial charge in [0.15, 0.2) is 0 Å². The predicted octanol–water partition coefficient (Wildman–Crippen LogP) is -0.195. The van der Waals surface area contributed by atoms with Crippen molar-refractivity contribution in [1.82, 2.24) is 10.2 Å². The summed E-state index contributed by atoms with van der Waals surface area (Å²) in [5.41, 5.74) is 0. The zero-order valence-corrected chi connectivity index (χ0v) is 7.50. The van der Waals surface area contributed by atoms with Gasteiger partial charge in [-0.25, -0.2) is 0 Å². The Bertz CT molecular complexity index is 145. The van der Waals surface area contributed by atoms with E-state index in [9.17, 15) is 5.11 Å². The highest BCUT2D eigenvalue weighted by Crippen LogP contribution is 2.24. The van der Waals surface area contributed by atoms with Crippen LogP contribution in [0.4, 0.5) is 0 Å². The Morgan fingerprint density at radius 2 is 1.92 bits per heavy atom. The Kier molecular flexibility index (Phi) is 2.63. The number of rotatable bonds is 1. The maximum atomic E-state index is 9.68. The molecule has 0 radical (unpaired) electrons. The molecule has 2 rings (SSSR count). The van der Waals surface area contributed by atoms with Crippen LogP contribution in [0.15, 0.2) is 0 Å². The van der Waals surface area contributed by atoms with E-state index >= 15 is 0 Å². The minimum atomic E-state index is -0.0527. The number of hydrogen-bond donors (Lipinski definition) is 2. The van der Waals surface area contributed by atoms with Gasteiger partial charge in [0.1, 0.15) is 0 Å². The molecule has 1 heterocycles. The second-order valence-corrected chi connectivity index (χ2v) is 3.85. The van der Waals surface area contributed by atoms with E-state index in [-0.39, 0.29) is 6.10 Å². The lowest BCUT2D eigenvalue weighted by Crippen LogP contribution is -2.50. The third kappa shape index (κ3) is 1.63. The monoisotopic (exact) mass is 170 g/mol. The number of nitrogens with zero attached hydrogens (tertiary/aromatic N) is 1. The number of hydrogen-bond acceptors (Lipinski definition) is 3. The summed E-state index contributed by atoms with van der Waals surface area (Å²) >= 11 is 0. The van der Waals surface area contributed by atoms with Crippen molar-refractivity contribution in [3.63, 3.8) is 0 Å². The van der Waals surface area contributed by atoms with Crippen LogP contribution >= 0.6 is 0 Å². The van der Waals surface area contributed by atoms with Crippen molar-refractivity contribution < 1.29 is 5.11 Å². The van der Waals surface area contributed by atoms with Crippen LogP contribution in [-0.4, -0.2) is 48.3 Å². The fourth-order valence-electron chi connectivity index (χ4n) is 2.36. The number of aliphatic hydroxyl groups excluding tert-OH is 1. The Morgan fingerprint density at radius 3 is 2.50 bits per heavy atom. The van der Waals surface area contributed by atoms with Gasteiger partial charge >= 0.3 is 0 Å². The lowest BCUT2D eigenvalue weighted by atomic mass is 10.1. The number of aliphatic hydroxyl groups is 1. The molecule has 0 spiro atoms. The molecule has 12 heavy (non-hydrogen) atoms. The molecule has 2 N–H and O–H groups in total. The van der Waals surface area contributed by atoms with Crippen molar-refractivity contribution >= 4 is 0 Å². The van der Waals surface area contributed by atoms with Gasteiger partial charge in [0, 0.05) is 32.2 Å². The molecule has 1 aliphatic heterocycles. The van der Waals surface area contributed by atoms with E-state index in [1.54, 1.807) is 0 Å². The van der Waals surface area contributed by atoms with Gasteiger partial charge in [-0.3, -0.25) is 4.90 Å². The van der Waals surface area contributed by atoms with E-state index in [2.05, 4.69) is 10.2 Å². The maximum absolute atomic E-state index is 9.68. The highest BCUT2D eigenvalue weighted by molar-refractivity contribution is 4.86. The van der Waals surface area contributed by atoms with E-state index < -0.39 is 0 Å². The molecule has 2 fully saturated rings. The Balaban J connectivity index is 1.89. The largest absolute Gasteiger partial charge is 0.391 e. The first kappa shape index (κ1) is 8.48. The molecule has 0 unspecified atom stereocenters. The van der Waals surface area contributed by atoms with Gasteiger partial charge in [-0.2, -0.15) is 0 Å². The molecule has 1 saturated heterocycles. The summed E-state index contributed by atoms with van der Waals surface area (Å²) in [6.07, 6.45) is 3.36. The lowest BCUT2D eigenvalue weighted by molar-refractivity contribution is 0.0633. The molecule has 70 valence electrons. The van der Waals surface area contributed by atoms with E-state index in [1.165, 1.54) is 12.8 Å². The fourth-order valence-corrected chi connectivity index (χ4v) is 2.36. The van der Waals surface area contributed by atoms with Crippen LogP contribution in [0, 0.1) is 0 Å². The van der Waals surface area contributed by atoms with Gasteiger partial charge in [0.25, 0.3) is 0 Å². The summed E-state index contributed by atoms with van der Waals surface area (Å²) in [6, 6.07) is 0.465. The molecule has 2 atom stereocenters. The van der Waals surface area contributed by atoms with Crippen LogP contribution in [0.1, 0.15) is 19.3 Å². The minimum Gasteiger partial charge on any atom is -0.391 e. The second kappa shape index (κ2) is 3.73. The molecule has 0 aromatic rings. The van der Waals surface area contributed by atoms with Gasteiger partial charge < -0.3 is 10.4 Å². The summed E-state index contributed by atoms with van der Waals surface area (Å²) in [6.45, 7) is 4.40. The van der Waals surface area contributed by atoms with Crippen molar-refractivity contribution in [2.24, 2.45) is 0 Å². The first-order valence-corrected chi connectivity index (χ1v) is 5.01. The van der Waals surface area contributed by atoms with Gasteiger partial charge in [0.05, 0.1) is 6.10 Å². The predicted molar refractivity (Wildman–Crippen MR) is 48.1 cm³/mol. The van der Waals surface area contributed by atoms with Crippen LogP contribution in [0.5, 0.6) is 0 Å². The molecule has 1 aliphatic carbocycles.